The maximum absolute atomic E-state index is 11.5. The fourth-order valence-corrected chi connectivity index (χ4v) is 1.71. The molecule has 1 aromatic carbocycles. The number of nitro benzene ring substituents is 1. The molecule has 0 fully saturated rings. The van der Waals surface area contributed by atoms with Crippen molar-refractivity contribution < 1.29 is 24.3 Å². The predicted molar refractivity (Wildman–Crippen MR) is 79.6 cm³/mol. The van der Waals surface area contributed by atoms with Gasteiger partial charge in [-0.25, -0.2) is 0 Å². The second-order valence-corrected chi connectivity index (χ2v) is 5.75. The van der Waals surface area contributed by atoms with Crippen molar-refractivity contribution in [2.45, 2.75) is 45.8 Å². The Morgan fingerprint density at radius 3 is 2.59 bits per heavy atom. The van der Waals surface area contributed by atoms with Crippen LogP contribution >= 0.6 is 0 Å². The van der Waals surface area contributed by atoms with Crippen LogP contribution in [0.1, 0.15) is 39.2 Å². The first-order valence-electron chi connectivity index (χ1n) is 6.96. The minimum absolute atomic E-state index is 0.112. The van der Waals surface area contributed by atoms with Gasteiger partial charge in [-0.15, -0.1) is 0 Å². The highest BCUT2D eigenvalue weighted by atomic mass is 16.6. The lowest BCUT2D eigenvalue weighted by Crippen LogP contribution is -2.24. The van der Waals surface area contributed by atoms with Crippen molar-refractivity contribution in [3.8, 4) is 5.75 Å². The molecule has 122 valence electrons. The summed E-state index contributed by atoms with van der Waals surface area (Å²) in [4.78, 5) is 21.7. The van der Waals surface area contributed by atoms with Crippen LogP contribution in [-0.2, 0) is 16.1 Å². The molecule has 0 aliphatic heterocycles. The van der Waals surface area contributed by atoms with E-state index in [1.165, 1.54) is 18.2 Å². The number of nitrogens with zero attached hydrogens (tertiary/aromatic N) is 1. The minimum atomic E-state index is -0.533. The van der Waals surface area contributed by atoms with E-state index in [0.29, 0.717) is 12.0 Å². The van der Waals surface area contributed by atoms with E-state index in [9.17, 15) is 20.0 Å². The van der Waals surface area contributed by atoms with Gasteiger partial charge in [0.15, 0.2) is 0 Å². The number of aliphatic hydroxyl groups is 1. The molecule has 1 rings (SSSR count). The molecule has 0 amide bonds. The second-order valence-electron chi connectivity index (χ2n) is 5.75. The Balaban J connectivity index is 2.52. The number of non-ortho nitro benzene ring substituents is 1. The summed E-state index contributed by atoms with van der Waals surface area (Å²) in [5, 5.41) is 19.9. The summed E-state index contributed by atoms with van der Waals surface area (Å²) in [7, 11) is 0. The number of hydrogen-bond acceptors (Lipinski definition) is 6. The van der Waals surface area contributed by atoms with Crippen molar-refractivity contribution >= 4 is 11.7 Å². The summed E-state index contributed by atoms with van der Waals surface area (Å²) in [5.41, 5.74) is -0.176. The molecule has 0 saturated heterocycles. The Labute approximate surface area is 129 Å². The van der Waals surface area contributed by atoms with Gasteiger partial charge in [0.25, 0.3) is 5.69 Å². The monoisotopic (exact) mass is 311 g/mol. The van der Waals surface area contributed by atoms with Gasteiger partial charge in [-0.2, -0.15) is 0 Å². The molecule has 22 heavy (non-hydrogen) atoms. The largest absolute Gasteiger partial charge is 0.493 e. The van der Waals surface area contributed by atoms with Crippen LogP contribution in [0.5, 0.6) is 5.75 Å². The van der Waals surface area contributed by atoms with E-state index in [-0.39, 0.29) is 37.0 Å². The molecule has 0 spiro atoms. The summed E-state index contributed by atoms with van der Waals surface area (Å²) in [6, 6.07) is 4.01. The number of nitro groups is 1. The van der Waals surface area contributed by atoms with E-state index < -0.39 is 10.5 Å². The van der Waals surface area contributed by atoms with E-state index in [2.05, 4.69) is 0 Å². The molecule has 0 aliphatic rings. The molecule has 1 aromatic rings. The molecule has 0 bridgehead atoms. The number of esters is 1. The van der Waals surface area contributed by atoms with Crippen LogP contribution in [0.2, 0.25) is 0 Å². The molecule has 0 aromatic heterocycles. The highest BCUT2D eigenvalue weighted by molar-refractivity contribution is 5.69. The molecule has 0 unspecified atom stereocenters. The normalized spacial score (nSPS) is 11.1. The molecule has 7 nitrogen and oxygen atoms in total. The zero-order chi connectivity index (χ0) is 16.8. The topological polar surface area (TPSA) is 98.9 Å². The van der Waals surface area contributed by atoms with Crippen LogP contribution in [0.15, 0.2) is 18.2 Å². The Bertz CT molecular complexity index is 535. The maximum Gasteiger partial charge on any atom is 0.306 e. The molecule has 7 heteroatoms. The van der Waals surface area contributed by atoms with Gasteiger partial charge in [-0.3, -0.25) is 14.9 Å². The van der Waals surface area contributed by atoms with E-state index >= 15 is 0 Å². The Kier molecular flexibility index (Phi) is 6.30. The van der Waals surface area contributed by atoms with E-state index in [4.69, 9.17) is 9.47 Å². The molecular weight excluding hydrogens is 290 g/mol. The van der Waals surface area contributed by atoms with Gasteiger partial charge in [0.2, 0.25) is 0 Å². The lowest BCUT2D eigenvalue weighted by molar-refractivity contribution is -0.385. The van der Waals surface area contributed by atoms with Gasteiger partial charge >= 0.3 is 5.97 Å². The van der Waals surface area contributed by atoms with Gasteiger partial charge in [0, 0.05) is 18.1 Å². The standard InChI is InChI=1S/C15H21NO6/c1-15(2,3)22-14(18)5-4-8-21-13-9-12(16(19)20)7-6-11(13)10-17/h6-7,9,17H,4-5,8,10H2,1-3H3. The summed E-state index contributed by atoms with van der Waals surface area (Å²) in [5.74, 6) is -0.0709. The molecule has 0 heterocycles. The van der Waals surface area contributed by atoms with Crippen molar-refractivity contribution in [1.29, 1.82) is 0 Å². The highest BCUT2D eigenvalue weighted by Gasteiger charge is 2.16. The Morgan fingerprint density at radius 2 is 2.05 bits per heavy atom. The number of hydrogen-bond donors (Lipinski definition) is 1. The first-order valence-corrected chi connectivity index (χ1v) is 6.96. The van der Waals surface area contributed by atoms with Crippen molar-refractivity contribution in [3.63, 3.8) is 0 Å². The van der Waals surface area contributed by atoms with Crippen molar-refractivity contribution in [2.75, 3.05) is 6.61 Å². The minimum Gasteiger partial charge on any atom is -0.493 e. The number of ether oxygens (including phenoxy) is 2. The fourth-order valence-electron chi connectivity index (χ4n) is 1.71. The quantitative estimate of drug-likeness (QED) is 0.359. The van der Waals surface area contributed by atoms with Crippen LogP contribution in [-0.4, -0.2) is 28.2 Å². The Morgan fingerprint density at radius 1 is 1.36 bits per heavy atom. The SMILES string of the molecule is CC(C)(C)OC(=O)CCCOc1cc([N+](=O)[O-])ccc1CO. The average Bonchev–Trinajstić information content (AvgIpc) is 2.41. The summed E-state index contributed by atoms with van der Waals surface area (Å²) < 4.78 is 10.6. The number of benzene rings is 1. The zero-order valence-corrected chi connectivity index (χ0v) is 13.0. The molecule has 0 radical (unpaired) electrons. The van der Waals surface area contributed by atoms with Crippen molar-refractivity contribution in [1.82, 2.24) is 0 Å². The third kappa shape index (κ3) is 6.09. The average molecular weight is 311 g/mol. The first kappa shape index (κ1) is 17.9. The smallest absolute Gasteiger partial charge is 0.306 e. The highest BCUT2D eigenvalue weighted by Crippen LogP contribution is 2.25. The molecule has 0 atom stereocenters. The van der Waals surface area contributed by atoms with Crippen LogP contribution in [0.4, 0.5) is 5.69 Å². The summed E-state index contributed by atoms with van der Waals surface area (Å²) >= 11 is 0. The van der Waals surface area contributed by atoms with Gasteiger partial charge in [-0.1, -0.05) is 0 Å². The first-order chi connectivity index (χ1) is 10.2. The van der Waals surface area contributed by atoms with Gasteiger partial charge in [0.1, 0.15) is 11.4 Å². The third-order valence-electron chi connectivity index (χ3n) is 2.63. The van der Waals surface area contributed by atoms with Crippen molar-refractivity contribution in [2.24, 2.45) is 0 Å². The fraction of sp³-hybridized carbons (Fsp3) is 0.533. The lowest BCUT2D eigenvalue weighted by atomic mass is 10.2. The maximum atomic E-state index is 11.5. The van der Waals surface area contributed by atoms with Crippen LogP contribution in [0, 0.1) is 10.1 Å². The van der Waals surface area contributed by atoms with E-state index in [0.717, 1.165) is 0 Å². The van der Waals surface area contributed by atoms with E-state index in [1.54, 1.807) is 20.8 Å². The lowest BCUT2D eigenvalue weighted by Gasteiger charge is -2.19. The molecule has 1 N–H and O–H groups in total. The second kappa shape index (κ2) is 7.74. The van der Waals surface area contributed by atoms with Gasteiger partial charge in [0.05, 0.1) is 24.2 Å². The molecule has 0 saturated carbocycles. The number of aliphatic hydroxyl groups excluding tert-OH is 1. The number of rotatable bonds is 7. The third-order valence-corrected chi connectivity index (χ3v) is 2.63. The van der Waals surface area contributed by atoms with E-state index in [1.807, 2.05) is 0 Å². The predicted octanol–water partition coefficient (Wildman–Crippen LogP) is 2.59. The van der Waals surface area contributed by atoms with Crippen LogP contribution in [0.25, 0.3) is 0 Å². The summed E-state index contributed by atoms with van der Waals surface area (Å²) in [6.45, 7) is 5.29. The molecular formula is C15H21NO6. The van der Waals surface area contributed by atoms with Gasteiger partial charge < -0.3 is 14.6 Å². The van der Waals surface area contributed by atoms with Crippen LogP contribution in [0.3, 0.4) is 0 Å². The number of carbonyl (C=O) groups is 1. The summed E-state index contributed by atoms with van der Waals surface area (Å²) in [6.07, 6.45) is 0.614. The van der Waals surface area contributed by atoms with Gasteiger partial charge in [-0.05, 0) is 33.3 Å². The van der Waals surface area contributed by atoms with Crippen molar-refractivity contribution in [3.05, 3.63) is 33.9 Å². The van der Waals surface area contributed by atoms with Crippen LogP contribution < -0.4 is 4.74 Å². The number of carbonyl (C=O) groups excluding carboxylic acids is 1. The Hall–Kier alpha value is -2.15. The zero-order valence-electron chi connectivity index (χ0n) is 13.0. The molecule has 0 aliphatic carbocycles.